The van der Waals surface area contributed by atoms with Crippen molar-refractivity contribution in [2.24, 2.45) is 0 Å². The summed E-state index contributed by atoms with van der Waals surface area (Å²) in [5.74, 6) is 0. The lowest BCUT2D eigenvalue weighted by atomic mass is 10.1. The molecule has 1 N–H and O–H groups in total. The quantitative estimate of drug-likeness (QED) is 0.869. The summed E-state index contributed by atoms with van der Waals surface area (Å²) >= 11 is 1.74. The van der Waals surface area contributed by atoms with E-state index in [1.165, 1.54) is 27.1 Å². The number of nitrogens with zero attached hydrogens (tertiary/aromatic N) is 1. The predicted octanol–water partition coefficient (Wildman–Crippen LogP) is 4.66. The van der Waals surface area contributed by atoms with E-state index in [1.54, 1.807) is 11.8 Å². The number of aromatic nitrogens is 1. The van der Waals surface area contributed by atoms with Gasteiger partial charge in [0.05, 0.1) is 0 Å². The Hall–Kier alpha value is -1.32. The fourth-order valence-electron chi connectivity index (χ4n) is 2.03. The van der Waals surface area contributed by atoms with Crippen LogP contribution in [-0.2, 0) is 6.54 Å². The molecule has 0 amide bonds. The Morgan fingerprint density at radius 3 is 2.43 bits per heavy atom. The smallest absolute Gasteiger partial charge is 0.104 e. The largest absolute Gasteiger partial charge is 0.310 e. The zero-order valence-electron chi connectivity index (χ0n) is 13.5. The molecule has 2 aromatic rings. The van der Waals surface area contributed by atoms with Crippen molar-refractivity contribution in [3.63, 3.8) is 0 Å². The van der Waals surface area contributed by atoms with Gasteiger partial charge in [-0.2, -0.15) is 0 Å². The van der Waals surface area contributed by atoms with Crippen molar-refractivity contribution in [3.05, 3.63) is 52.7 Å². The molecule has 0 radical (unpaired) electrons. The molecule has 21 heavy (non-hydrogen) atoms. The predicted molar refractivity (Wildman–Crippen MR) is 91.0 cm³/mol. The zero-order valence-corrected chi connectivity index (χ0v) is 14.3. The summed E-state index contributed by atoms with van der Waals surface area (Å²) in [4.78, 5) is 5.88. The molecule has 0 fully saturated rings. The van der Waals surface area contributed by atoms with Gasteiger partial charge in [0, 0.05) is 23.7 Å². The summed E-state index contributed by atoms with van der Waals surface area (Å²) in [5.41, 5.74) is 5.14. The third-order valence-corrected chi connectivity index (χ3v) is 4.60. The Labute approximate surface area is 132 Å². The molecule has 0 spiro atoms. The minimum Gasteiger partial charge on any atom is -0.310 e. The standard InChI is InChI=1S/C18H24N2S/c1-12(2)19-10-16-8-15(5)18(20-11-16)21-17-7-6-13(3)14(4)9-17/h6-9,11-12,19H,10H2,1-5H3. The highest BCUT2D eigenvalue weighted by atomic mass is 32.2. The van der Waals surface area contributed by atoms with E-state index < -0.39 is 0 Å². The van der Waals surface area contributed by atoms with E-state index in [2.05, 4.69) is 69.2 Å². The second kappa shape index (κ2) is 7.10. The van der Waals surface area contributed by atoms with Gasteiger partial charge in [-0.05, 0) is 55.2 Å². The summed E-state index contributed by atoms with van der Waals surface area (Å²) in [6.07, 6.45) is 1.98. The molecule has 2 rings (SSSR count). The van der Waals surface area contributed by atoms with E-state index in [0.717, 1.165) is 11.6 Å². The van der Waals surface area contributed by atoms with Crippen LogP contribution in [-0.4, -0.2) is 11.0 Å². The number of hydrogen-bond donors (Lipinski definition) is 1. The van der Waals surface area contributed by atoms with Crippen LogP contribution < -0.4 is 5.32 Å². The lowest BCUT2D eigenvalue weighted by Crippen LogP contribution is -2.21. The van der Waals surface area contributed by atoms with Crippen molar-refractivity contribution in [1.29, 1.82) is 0 Å². The number of aryl methyl sites for hydroxylation is 3. The van der Waals surface area contributed by atoms with Crippen LogP contribution in [0.2, 0.25) is 0 Å². The van der Waals surface area contributed by atoms with Gasteiger partial charge < -0.3 is 5.32 Å². The maximum Gasteiger partial charge on any atom is 0.104 e. The fourth-order valence-corrected chi connectivity index (χ4v) is 2.96. The molecule has 3 heteroatoms. The topological polar surface area (TPSA) is 24.9 Å². The van der Waals surface area contributed by atoms with Crippen molar-refractivity contribution in [3.8, 4) is 0 Å². The van der Waals surface area contributed by atoms with Crippen molar-refractivity contribution in [2.45, 2.75) is 57.1 Å². The third-order valence-electron chi connectivity index (χ3n) is 3.49. The molecule has 0 aliphatic heterocycles. The molecule has 0 bridgehead atoms. The van der Waals surface area contributed by atoms with Crippen molar-refractivity contribution in [2.75, 3.05) is 0 Å². The van der Waals surface area contributed by atoms with Gasteiger partial charge in [0.25, 0.3) is 0 Å². The Balaban J connectivity index is 2.11. The summed E-state index contributed by atoms with van der Waals surface area (Å²) in [6.45, 7) is 11.6. The first-order chi connectivity index (χ1) is 9.95. The number of hydrogen-bond acceptors (Lipinski definition) is 3. The van der Waals surface area contributed by atoms with Crippen molar-refractivity contribution in [1.82, 2.24) is 10.3 Å². The highest BCUT2D eigenvalue weighted by Crippen LogP contribution is 2.30. The summed E-state index contributed by atoms with van der Waals surface area (Å²) in [5, 5.41) is 4.51. The number of nitrogens with one attached hydrogen (secondary N) is 1. The second-order valence-corrected chi connectivity index (χ2v) is 6.91. The summed E-state index contributed by atoms with van der Waals surface area (Å²) < 4.78 is 0. The first-order valence-corrected chi connectivity index (χ1v) is 8.21. The van der Waals surface area contributed by atoms with Crippen LogP contribution in [0.25, 0.3) is 0 Å². The van der Waals surface area contributed by atoms with Gasteiger partial charge in [-0.3, -0.25) is 0 Å². The van der Waals surface area contributed by atoms with Crippen LogP contribution >= 0.6 is 11.8 Å². The number of pyridine rings is 1. The first-order valence-electron chi connectivity index (χ1n) is 7.39. The van der Waals surface area contributed by atoms with Gasteiger partial charge >= 0.3 is 0 Å². The number of benzene rings is 1. The monoisotopic (exact) mass is 300 g/mol. The van der Waals surface area contributed by atoms with Crippen LogP contribution in [0.15, 0.2) is 40.4 Å². The van der Waals surface area contributed by atoms with Gasteiger partial charge in [0.15, 0.2) is 0 Å². The van der Waals surface area contributed by atoms with E-state index >= 15 is 0 Å². The molecule has 0 saturated carbocycles. The molecule has 1 heterocycles. The SMILES string of the molecule is Cc1ccc(Sc2ncc(CNC(C)C)cc2C)cc1C. The highest BCUT2D eigenvalue weighted by Gasteiger charge is 2.06. The van der Waals surface area contributed by atoms with E-state index in [-0.39, 0.29) is 0 Å². The van der Waals surface area contributed by atoms with Gasteiger partial charge in [-0.1, -0.05) is 37.7 Å². The Morgan fingerprint density at radius 2 is 1.81 bits per heavy atom. The molecule has 112 valence electrons. The molecule has 2 nitrogen and oxygen atoms in total. The lowest BCUT2D eigenvalue weighted by molar-refractivity contribution is 0.587. The average molecular weight is 300 g/mol. The molecule has 1 aromatic carbocycles. The zero-order chi connectivity index (χ0) is 15.4. The molecular formula is C18H24N2S. The maximum atomic E-state index is 4.63. The molecule has 0 aliphatic carbocycles. The normalized spacial score (nSPS) is 11.1. The number of rotatable bonds is 5. The minimum absolute atomic E-state index is 0.495. The highest BCUT2D eigenvalue weighted by molar-refractivity contribution is 7.99. The maximum absolute atomic E-state index is 4.63. The molecule has 0 atom stereocenters. The van der Waals surface area contributed by atoms with E-state index in [0.29, 0.717) is 6.04 Å². The van der Waals surface area contributed by atoms with Crippen LogP contribution in [0.4, 0.5) is 0 Å². The van der Waals surface area contributed by atoms with Gasteiger partial charge in [-0.15, -0.1) is 0 Å². The van der Waals surface area contributed by atoms with E-state index in [4.69, 9.17) is 0 Å². The van der Waals surface area contributed by atoms with Crippen LogP contribution in [0.5, 0.6) is 0 Å². The Kier molecular flexibility index (Phi) is 5.43. The van der Waals surface area contributed by atoms with Crippen molar-refractivity contribution >= 4 is 11.8 Å². The van der Waals surface area contributed by atoms with Gasteiger partial charge in [0.2, 0.25) is 0 Å². The lowest BCUT2D eigenvalue weighted by Gasteiger charge is -2.11. The van der Waals surface area contributed by atoms with Crippen molar-refractivity contribution < 1.29 is 0 Å². The minimum atomic E-state index is 0.495. The average Bonchev–Trinajstić information content (AvgIpc) is 2.43. The third kappa shape index (κ3) is 4.58. The van der Waals surface area contributed by atoms with E-state index in [1.807, 2.05) is 6.20 Å². The Morgan fingerprint density at radius 1 is 1.05 bits per heavy atom. The van der Waals surface area contributed by atoms with Crippen LogP contribution in [0, 0.1) is 20.8 Å². The molecule has 0 aliphatic rings. The molecular weight excluding hydrogens is 276 g/mol. The van der Waals surface area contributed by atoms with Gasteiger partial charge in [0.1, 0.15) is 5.03 Å². The second-order valence-electron chi connectivity index (χ2n) is 5.85. The Bertz CT molecular complexity index is 621. The summed E-state index contributed by atoms with van der Waals surface area (Å²) in [6, 6.07) is 9.30. The van der Waals surface area contributed by atoms with Crippen LogP contribution in [0.1, 0.15) is 36.1 Å². The molecule has 0 unspecified atom stereocenters. The molecule has 0 saturated heterocycles. The fraction of sp³-hybridized carbons (Fsp3) is 0.389. The van der Waals surface area contributed by atoms with E-state index in [9.17, 15) is 0 Å². The van der Waals surface area contributed by atoms with Crippen LogP contribution in [0.3, 0.4) is 0 Å². The summed E-state index contributed by atoms with van der Waals surface area (Å²) in [7, 11) is 0. The van der Waals surface area contributed by atoms with Gasteiger partial charge in [-0.25, -0.2) is 4.98 Å². The first kappa shape index (κ1) is 16.1. The molecule has 1 aromatic heterocycles.